The van der Waals surface area contributed by atoms with E-state index in [1.807, 2.05) is 83.1 Å². The molecule has 0 saturated heterocycles. The van der Waals surface area contributed by atoms with Gasteiger partial charge in [0.05, 0.1) is 17.9 Å². The minimum atomic E-state index is 0.133. The van der Waals surface area contributed by atoms with Gasteiger partial charge in [-0.3, -0.25) is 0 Å². The number of nitrogens with zero attached hydrogens (tertiary/aromatic N) is 1. The smallest absolute Gasteiger partial charge is 0.119 e. The maximum atomic E-state index is 7.57. The van der Waals surface area contributed by atoms with Crippen LogP contribution in [0.3, 0.4) is 0 Å². The van der Waals surface area contributed by atoms with Crippen LogP contribution < -0.4 is 14.8 Å². The van der Waals surface area contributed by atoms with Crippen LogP contribution in [-0.2, 0) is 0 Å². The molecule has 2 N–H and O–H groups in total. The molecule has 0 fully saturated rings. The molecule has 0 aromatic heterocycles. The summed E-state index contributed by atoms with van der Waals surface area (Å²) in [7, 11) is 0. The van der Waals surface area contributed by atoms with Gasteiger partial charge in [0.25, 0.3) is 0 Å². The Morgan fingerprint density at radius 1 is 0.767 bits per heavy atom. The Balaban J connectivity index is 1.90. The van der Waals surface area contributed by atoms with Gasteiger partial charge in [0.15, 0.2) is 0 Å². The van der Waals surface area contributed by atoms with Crippen molar-refractivity contribution < 1.29 is 9.47 Å². The van der Waals surface area contributed by atoms with Gasteiger partial charge >= 0.3 is 0 Å². The average Bonchev–Trinajstić information content (AvgIpc) is 2.71. The number of hydrogen-bond acceptors (Lipinski definition) is 5. The molecule has 156 valence electrons. The summed E-state index contributed by atoms with van der Waals surface area (Å²) in [5.74, 6) is 1.68. The lowest BCUT2D eigenvalue weighted by atomic mass is 9.98. The van der Waals surface area contributed by atoms with Gasteiger partial charge in [0, 0.05) is 5.69 Å². The van der Waals surface area contributed by atoms with Crippen LogP contribution in [0.25, 0.3) is 11.1 Å². The van der Waals surface area contributed by atoms with Crippen molar-refractivity contribution in [3.63, 3.8) is 0 Å². The fourth-order valence-electron chi connectivity index (χ4n) is 3.28. The van der Waals surface area contributed by atoms with Crippen molar-refractivity contribution in [3.05, 3.63) is 66.2 Å². The molecular formula is C25H29N3O2. The molecule has 0 radical (unpaired) electrons. The molecule has 0 spiro atoms. The Kier molecular flexibility index (Phi) is 6.72. The zero-order valence-electron chi connectivity index (χ0n) is 18.2. The molecule has 5 heteroatoms. The highest BCUT2D eigenvalue weighted by molar-refractivity contribution is 5.83. The number of ether oxygens (including phenoxy) is 2. The van der Waals surface area contributed by atoms with Crippen molar-refractivity contribution in [2.24, 2.45) is 5.11 Å². The van der Waals surface area contributed by atoms with E-state index in [0.29, 0.717) is 5.69 Å². The van der Waals surface area contributed by atoms with Gasteiger partial charge in [-0.1, -0.05) is 18.2 Å². The maximum Gasteiger partial charge on any atom is 0.119 e. The van der Waals surface area contributed by atoms with Crippen LogP contribution in [0.2, 0.25) is 0 Å². The molecule has 3 rings (SSSR count). The second-order valence-electron chi connectivity index (χ2n) is 7.75. The van der Waals surface area contributed by atoms with Gasteiger partial charge in [-0.25, -0.2) is 5.53 Å². The fourth-order valence-corrected chi connectivity index (χ4v) is 3.28. The first-order chi connectivity index (χ1) is 14.4. The summed E-state index contributed by atoms with van der Waals surface area (Å²) in [4.78, 5) is 0. The Hall–Kier alpha value is -3.34. The van der Waals surface area contributed by atoms with Gasteiger partial charge in [-0.2, -0.15) is 5.11 Å². The molecule has 0 heterocycles. The summed E-state index contributed by atoms with van der Waals surface area (Å²) < 4.78 is 11.5. The second-order valence-corrected chi connectivity index (χ2v) is 7.75. The highest BCUT2D eigenvalue weighted by Crippen LogP contribution is 2.38. The van der Waals surface area contributed by atoms with E-state index in [4.69, 9.17) is 15.0 Å². The summed E-state index contributed by atoms with van der Waals surface area (Å²) in [6, 6.07) is 19.8. The maximum absolute atomic E-state index is 7.57. The lowest BCUT2D eigenvalue weighted by Gasteiger charge is -2.17. The lowest BCUT2D eigenvalue weighted by molar-refractivity contribution is 0.242. The van der Waals surface area contributed by atoms with E-state index >= 15 is 0 Å². The molecule has 0 atom stereocenters. The van der Waals surface area contributed by atoms with Crippen LogP contribution in [0, 0.1) is 12.5 Å². The first kappa shape index (κ1) is 21.4. The first-order valence-electron chi connectivity index (χ1n) is 10.2. The molecule has 0 aliphatic rings. The molecule has 0 aliphatic heterocycles. The van der Waals surface area contributed by atoms with Crippen LogP contribution in [0.5, 0.6) is 11.5 Å². The predicted molar refractivity (Wildman–Crippen MR) is 123 cm³/mol. The van der Waals surface area contributed by atoms with E-state index in [0.717, 1.165) is 39.6 Å². The molecule has 3 aromatic rings. The standard InChI is InChI=1S/C25H29N3O2/c1-16(2)29-21-10-6-19(7-11-21)23-14-15-24(28-26)25(18(23)5)27-20-8-12-22(13-9-20)30-17(3)4/h6-17,26-27H,1-5H3. The van der Waals surface area contributed by atoms with E-state index in [9.17, 15) is 0 Å². The van der Waals surface area contributed by atoms with Crippen molar-refractivity contribution >= 4 is 17.1 Å². The normalized spacial score (nSPS) is 10.9. The molecular weight excluding hydrogens is 374 g/mol. The Labute approximate surface area is 178 Å². The van der Waals surface area contributed by atoms with E-state index in [1.54, 1.807) is 0 Å². The van der Waals surface area contributed by atoms with Crippen molar-refractivity contribution in [2.75, 3.05) is 5.32 Å². The predicted octanol–water partition coefficient (Wildman–Crippen LogP) is 7.64. The molecule has 0 aliphatic carbocycles. The first-order valence-corrected chi connectivity index (χ1v) is 10.2. The number of nitrogens with one attached hydrogen (secondary N) is 2. The largest absolute Gasteiger partial charge is 0.491 e. The number of benzene rings is 3. The average molecular weight is 404 g/mol. The van der Waals surface area contributed by atoms with E-state index in [2.05, 4.69) is 22.6 Å². The second kappa shape index (κ2) is 9.44. The lowest BCUT2D eigenvalue weighted by Crippen LogP contribution is -2.05. The van der Waals surface area contributed by atoms with Gasteiger partial charge < -0.3 is 14.8 Å². The topological polar surface area (TPSA) is 66.7 Å². The Morgan fingerprint density at radius 3 is 1.80 bits per heavy atom. The van der Waals surface area contributed by atoms with E-state index in [1.165, 1.54) is 0 Å². The highest BCUT2D eigenvalue weighted by atomic mass is 16.5. The van der Waals surface area contributed by atoms with Gasteiger partial charge in [-0.15, -0.1) is 0 Å². The molecule has 3 aromatic carbocycles. The number of anilines is 2. The number of hydrogen-bond donors (Lipinski definition) is 2. The third kappa shape index (κ3) is 5.17. The van der Waals surface area contributed by atoms with Crippen LogP contribution in [0.4, 0.5) is 17.1 Å². The fraction of sp³-hybridized carbons (Fsp3) is 0.280. The summed E-state index contributed by atoms with van der Waals surface area (Å²) in [6.07, 6.45) is 0.275. The monoisotopic (exact) mass is 403 g/mol. The van der Waals surface area contributed by atoms with Gasteiger partial charge in [-0.05, 0) is 93.8 Å². The third-order valence-corrected chi connectivity index (χ3v) is 4.60. The summed E-state index contributed by atoms with van der Waals surface area (Å²) >= 11 is 0. The molecule has 30 heavy (non-hydrogen) atoms. The quantitative estimate of drug-likeness (QED) is 0.380. The van der Waals surface area contributed by atoms with E-state index < -0.39 is 0 Å². The number of rotatable bonds is 8. The third-order valence-electron chi connectivity index (χ3n) is 4.60. The van der Waals surface area contributed by atoms with Crippen LogP contribution in [0.1, 0.15) is 33.3 Å². The summed E-state index contributed by atoms with van der Waals surface area (Å²) in [5, 5.41) is 7.13. The minimum Gasteiger partial charge on any atom is -0.491 e. The van der Waals surface area contributed by atoms with Gasteiger partial charge in [0.2, 0.25) is 0 Å². The molecule has 0 saturated carbocycles. The van der Waals surface area contributed by atoms with Crippen LogP contribution >= 0.6 is 0 Å². The minimum absolute atomic E-state index is 0.133. The molecule has 5 nitrogen and oxygen atoms in total. The summed E-state index contributed by atoms with van der Waals surface area (Å²) in [5.41, 5.74) is 13.1. The van der Waals surface area contributed by atoms with Crippen molar-refractivity contribution in [3.8, 4) is 22.6 Å². The molecule has 0 bridgehead atoms. The molecule has 0 unspecified atom stereocenters. The SMILES string of the molecule is Cc1c(-c2ccc(OC(C)C)cc2)ccc(N=N)c1Nc1ccc(OC(C)C)cc1. The zero-order chi connectivity index (χ0) is 21.7. The van der Waals surface area contributed by atoms with Gasteiger partial charge in [0.1, 0.15) is 17.2 Å². The molecule has 0 amide bonds. The zero-order valence-corrected chi connectivity index (χ0v) is 18.2. The van der Waals surface area contributed by atoms with Crippen molar-refractivity contribution in [2.45, 2.75) is 46.8 Å². The van der Waals surface area contributed by atoms with E-state index in [-0.39, 0.29) is 12.2 Å². The Bertz CT molecular complexity index is 994. The van der Waals surface area contributed by atoms with Crippen molar-refractivity contribution in [1.82, 2.24) is 0 Å². The van der Waals surface area contributed by atoms with Crippen LogP contribution in [-0.4, -0.2) is 12.2 Å². The highest BCUT2D eigenvalue weighted by Gasteiger charge is 2.12. The van der Waals surface area contributed by atoms with Crippen LogP contribution in [0.15, 0.2) is 65.8 Å². The van der Waals surface area contributed by atoms with Crippen molar-refractivity contribution in [1.29, 1.82) is 5.53 Å². The Morgan fingerprint density at radius 2 is 1.30 bits per heavy atom. The summed E-state index contributed by atoms with van der Waals surface area (Å²) in [6.45, 7) is 10.1.